The molecule has 0 unspecified atom stereocenters. The molecule has 0 atom stereocenters. The van der Waals surface area contributed by atoms with Crippen LogP contribution in [0.5, 0.6) is 0 Å². The number of pyridine rings is 1. The largest absolute Gasteiger partial charge is 0.334 e. The first-order chi connectivity index (χ1) is 12.5. The van der Waals surface area contributed by atoms with E-state index in [9.17, 15) is 4.79 Å². The van der Waals surface area contributed by atoms with Gasteiger partial charge in [-0.3, -0.25) is 0 Å². The maximum absolute atomic E-state index is 12.1. The van der Waals surface area contributed by atoms with E-state index >= 15 is 0 Å². The fraction of sp³-hybridized carbons (Fsp3) is 0.211. The van der Waals surface area contributed by atoms with Gasteiger partial charge in [0.05, 0.1) is 11.4 Å². The topological polar surface area (TPSA) is 71.8 Å². The first-order valence-corrected chi connectivity index (χ1v) is 8.65. The molecule has 0 aliphatic carbocycles. The molecule has 134 valence electrons. The highest BCUT2D eigenvalue weighted by molar-refractivity contribution is 6.29. The number of nitrogens with one attached hydrogen (secondary N) is 2. The molecule has 0 saturated carbocycles. The molecule has 1 aromatic carbocycles. The average Bonchev–Trinajstić information content (AvgIpc) is 2.94. The summed E-state index contributed by atoms with van der Waals surface area (Å²) in [6.07, 6.45) is 1.64. The Morgan fingerprint density at radius 1 is 1.08 bits per heavy atom. The zero-order chi connectivity index (χ0) is 18.5. The predicted molar refractivity (Wildman–Crippen MR) is 101 cm³/mol. The van der Waals surface area contributed by atoms with E-state index < -0.39 is 0 Å². The van der Waals surface area contributed by atoms with Crippen molar-refractivity contribution in [3.05, 3.63) is 76.3 Å². The van der Waals surface area contributed by atoms with Crippen molar-refractivity contribution < 1.29 is 4.79 Å². The molecule has 0 bridgehead atoms. The van der Waals surface area contributed by atoms with E-state index in [0.29, 0.717) is 18.2 Å². The van der Waals surface area contributed by atoms with Crippen LogP contribution in [0.25, 0.3) is 5.69 Å². The third kappa shape index (κ3) is 4.21. The van der Waals surface area contributed by atoms with Crippen LogP contribution in [0.1, 0.15) is 22.5 Å². The van der Waals surface area contributed by atoms with Gasteiger partial charge in [0.2, 0.25) is 0 Å². The first-order valence-electron chi connectivity index (χ1n) is 8.27. The van der Waals surface area contributed by atoms with Crippen molar-refractivity contribution >= 4 is 17.6 Å². The third-order valence-electron chi connectivity index (χ3n) is 4.11. The smallest absolute Gasteiger partial charge is 0.315 e. The van der Waals surface area contributed by atoms with E-state index in [-0.39, 0.29) is 6.03 Å². The van der Waals surface area contributed by atoms with Crippen molar-refractivity contribution in [2.45, 2.75) is 26.9 Å². The molecule has 26 heavy (non-hydrogen) atoms. The number of halogens is 1. The number of carbonyl (C=O) groups is 1. The molecule has 2 amide bonds. The van der Waals surface area contributed by atoms with Crippen LogP contribution in [0.4, 0.5) is 4.79 Å². The summed E-state index contributed by atoms with van der Waals surface area (Å²) in [5.41, 5.74) is 4.80. The lowest BCUT2D eigenvalue weighted by atomic mass is 10.2. The van der Waals surface area contributed by atoms with E-state index in [1.807, 2.05) is 54.9 Å². The van der Waals surface area contributed by atoms with Gasteiger partial charge in [-0.2, -0.15) is 5.10 Å². The molecule has 0 aliphatic rings. The lowest BCUT2D eigenvalue weighted by molar-refractivity contribution is 0.240. The molecule has 7 heteroatoms. The monoisotopic (exact) mass is 369 g/mol. The predicted octanol–water partition coefficient (Wildman–Crippen LogP) is 3.54. The lowest BCUT2D eigenvalue weighted by Crippen LogP contribution is -2.34. The minimum Gasteiger partial charge on any atom is -0.334 e. The molecule has 2 N–H and O–H groups in total. The third-order valence-corrected chi connectivity index (χ3v) is 4.33. The lowest BCUT2D eigenvalue weighted by Gasteiger charge is -2.09. The van der Waals surface area contributed by atoms with Gasteiger partial charge in [0, 0.05) is 30.5 Å². The van der Waals surface area contributed by atoms with Crippen LogP contribution in [-0.4, -0.2) is 20.8 Å². The van der Waals surface area contributed by atoms with Crippen molar-refractivity contribution in [3.8, 4) is 5.69 Å². The average molecular weight is 370 g/mol. The zero-order valence-corrected chi connectivity index (χ0v) is 15.4. The SMILES string of the molecule is Cc1nn(-c2ccccc2)c(C)c1CNC(=O)NCc1ccc(Cl)nc1. The molecule has 0 fully saturated rings. The Labute approximate surface area is 157 Å². The van der Waals surface area contributed by atoms with Gasteiger partial charge in [0.15, 0.2) is 0 Å². The molecule has 0 radical (unpaired) electrons. The highest BCUT2D eigenvalue weighted by Gasteiger charge is 2.13. The maximum atomic E-state index is 12.1. The van der Waals surface area contributed by atoms with Gasteiger partial charge in [0.1, 0.15) is 5.15 Å². The van der Waals surface area contributed by atoms with Gasteiger partial charge in [-0.1, -0.05) is 35.9 Å². The van der Waals surface area contributed by atoms with Crippen LogP contribution in [0.15, 0.2) is 48.7 Å². The summed E-state index contributed by atoms with van der Waals surface area (Å²) in [7, 11) is 0. The van der Waals surface area contributed by atoms with Gasteiger partial charge in [0.25, 0.3) is 0 Å². The molecule has 0 spiro atoms. The second-order valence-corrected chi connectivity index (χ2v) is 6.31. The van der Waals surface area contributed by atoms with Crippen LogP contribution in [0, 0.1) is 13.8 Å². The molecule has 3 aromatic rings. The summed E-state index contributed by atoms with van der Waals surface area (Å²) in [6, 6.07) is 13.2. The van der Waals surface area contributed by atoms with Crippen LogP contribution >= 0.6 is 11.6 Å². The Morgan fingerprint density at radius 3 is 2.50 bits per heavy atom. The Bertz CT molecular complexity index is 890. The Morgan fingerprint density at radius 2 is 1.81 bits per heavy atom. The van der Waals surface area contributed by atoms with Gasteiger partial charge < -0.3 is 10.6 Å². The number of carbonyl (C=O) groups excluding carboxylic acids is 1. The highest BCUT2D eigenvalue weighted by atomic mass is 35.5. The summed E-state index contributed by atoms with van der Waals surface area (Å²) < 4.78 is 1.89. The van der Waals surface area contributed by atoms with E-state index in [1.165, 1.54) is 0 Å². The van der Waals surface area contributed by atoms with Crippen molar-refractivity contribution in [2.24, 2.45) is 0 Å². The Hall–Kier alpha value is -2.86. The van der Waals surface area contributed by atoms with Crippen LogP contribution < -0.4 is 10.6 Å². The van der Waals surface area contributed by atoms with Crippen molar-refractivity contribution in [3.63, 3.8) is 0 Å². The summed E-state index contributed by atoms with van der Waals surface area (Å²) in [5, 5.41) is 10.7. The van der Waals surface area contributed by atoms with Crippen LogP contribution in [0.3, 0.4) is 0 Å². The quantitative estimate of drug-likeness (QED) is 0.676. The number of hydrogen-bond acceptors (Lipinski definition) is 3. The highest BCUT2D eigenvalue weighted by Crippen LogP contribution is 2.17. The normalized spacial score (nSPS) is 10.6. The Balaban J connectivity index is 1.60. The van der Waals surface area contributed by atoms with Gasteiger partial charge in [-0.15, -0.1) is 0 Å². The zero-order valence-electron chi connectivity index (χ0n) is 14.7. The molecule has 3 rings (SSSR count). The van der Waals surface area contributed by atoms with Crippen LogP contribution in [-0.2, 0) is 13.1 Å². The molecule has 6 nitrogen and oxygen atoms in total. The van der Waals surface area contributed by atoms with Crippen molar-refractivity contribution in [2.75, 3.05) is 0 Å². The van der Waals surface area contributed by atoms with Gasteiger partial charge >= 0.3 is 6.03 Å². The number of para-hydroxylation sites is 1. The second kappa shape index (κ2) is 8.01. The summed E-state index contributed by atoms with van der Waals surface area (Å²) in [4.78, 5) is 16.0. The minimum absolute atomic E-state index is 0.244. The van der Waals surface area contributed by atoms with E-state index in [4.69, 9.17) is 11.6 Å². The fourth-order valence-electron chi connectivity index (χ4n) is 2.68. The van der Waals surface area contributed by atoms with Crippen molar-refractivity contribution in [1.29, 1.82) is 0 Å². The Kier molecular flexibility index (Phi) is 5.53. The number of nitrogens with zero attached hydrogens (tertiary/aromatic N) is 3. The number of benzene rings is 1. The fourth-order valence-corrected chi connectivity index (χ4v) is 2.79. The summed E-state index contributed by atoms with van der Waals surface area (Å²) in [5.74, 6) is 0. The standard InChI is InChI=1S/C19H20ClN5O/c1-13-17(14(2)25(24-13)16-6-4-3-5-7-16)12-23-19(26)22-11-15-8-9-18(20)21-10-15/h3-10H,11-12H2,1-2H3,(H2,22,23,26). The van der Waals surface area contributed by atoms with E-state index in [0.717, 1.165) is 28.2 Å². The molecular weight excluding hydrogens is 350 g/mol. The van der Waals surface area contributed by atoms with Crippen LogP contribution in [0.2, 0.25) is 5.15 Å². The summed E-state index contributed by atoms with van der Waals surface area (Å²) in [6.45, 7) is 4.74. The number of amides is 2. The maximum Gasteiger partial charge on any atom is 0.315 e. The molecule has 0 saturated heterocycles. The number of hydrogen-bond donors (Lipinski definition) is 2. The molecule has 0 aliphatic heterocycles. The number of urea groups is 1. The first kappa shape index (κ1) is 17.9. The number of aryl methyl sites for hydroxylation is 1. The van der Waals surface area contributed by atoms with Crippen molar-refractivity contribution in [1.82, 2.24) is 25.4 Å². The van der Waals surface area contributed by atoms with Gasteiger partial charge in [-0.25, -0.2) is 14.5 Å². The van der Waals surface area contributed by atoms with E-state index in [2.05, 4.69) is 20.7 Å². The molecule has 2 heterocycles. The molecular formula is C19H20ClN5O. The van der Waals surface area contributed by atoms with E-state index in [1.54, 1.807) is 12.3 Å². The molecule has 2 aromatic heterocycles. The minimum atomic E-state index is -0.244. The van der Waals surface area contributed by atoms with Gasteiger partial charge in [-0.05, 0) is 37.6 Å². The second-order valence-electron chi connectivity index (χ2n) is 5.92. The number of rotatable bonds is 5. The number of aromatic nitrogens is 3. The summed E-state index contributed by atoms with van der Waals surface area (Å²) >= 11 is 5.75.